The maximum absolute atomic E-state index is 12.3. The van der Waals surface area contributed by atoms with Crippen molar-refractivity contribution in [1.29, 1.82) is 0 Å². The van der Waals surface area contributed by atoms with Crippen molar-refractivity contribution in [3.63, 3.8) is 0 Å². The van der Waals surface area contributed by atoms with Crippen LogP contribution in [0, 0.1) is 0 Å². The summed E-state index contributed by atoms with van der Waals surface area (Å²) >= 11 is 5.90. The molecule has 0 atom stereocenters. The summed E-state index contributed by atoms with van der Waals surface area (Å²) in [6, 6.07) is 14.2. The number of carbonyl (C=O) groups excluding carboxylic acids is 1. The van der Waals surface area contributed by atoms with Crippen LogP contribution in [0.5, 0.6) is 0 Å². The number of hydrogen-bond acceptors (Lipinski definition) is 3. The van der Waals surface area contributed by atoms with E-state index in [-0.39, 0.29) is 5.91 Å². The van der Waals surface area contributed by atoms with Crippen LogP contribution in [0.15, 0.2) is 61.2 Å². The SMILES string of the molecule is O=C(Nc1ccccc1-n1cncn1)c1cccc(Cl)c1. The van der Waals surface area contributed by atoms with Crippen LogP contribution < -0.4 is 5.32 Å². The molecule has 104 valence electrons. The summed E-state index contributed by atoms with van der Waals surface area (Å²) in [6.07, 6.45) is 3.01. The van der Waals surface area contributed by atoms with Crippen molar-refractivity contribution in [2.45, 2.75) is 0 Å². The third-order valence-corrected chi connectivity index (χ3v) is 3.14. The van der Waals surface area contributed by atoms with E-state index in [4.69, 9.17) is 11.6 Å². The molecular weight excluding hydrogens is 288 g/mol. The molecule has 0 bridgehead atoms. The van der Waals surface area contributed by atoms with E-state index < -0.39 is 0 Å². The predicted octanol–water partition coefficient (Wildman–Crippen LogP) is 3.17. The number of anilines is 1. The molecule has 0 aliphatic heterocycles. The molecule has 0 fully saturated rings. The Kier molecular flexibility index (Phi) is 3.66. The number of nitrogens with one attached hydrogen (secondary N) is 1. The quantitative estimate of drug-likeness (QED) is 0.808. The van der Waals surface area contributed by atoms with E-state index in [1.54, 1.807) is 41.3 Å². The Labute approximate surface area is 126 Å². The van der Waals surface area contributed by atoms with Gasteiger partial charge in [-0.1, -0.05) is 29.8 Å². The predicted molar refractivity (Wildman–Crippen MR) is 80.8 cm³/mol. The lowest BCUT2D eigenvalue weighted by atomic mass is 10.2. The molecule has 1 aromatic heterocycles. The molecule has 0 aliphatic carbocycles. The molecule has 0 unspecified atom stereocenters. The van der Waals surface area contributed by atoms with Gasteiger partial charge in [0.1, 0.15) is 12.7 Å². The minimum atomic E-state index is -0.231. The molecule has 0 saturated heterocycles. The Morgan fingerprint density at radius 2 is 2.00 bits per heavy atom. The highest BCUT2D eigenvalue weighted by Gasteiger charge is 2.10. The monoisotopic (exact) mass is 298 g/mol. The van der Waals surface area contributed by atoms with Gasteiger partial charge in [-0.05, 0) is 30.3 Å². The highest BCUT2D eigenvalue weighted by molar-refractivity contribution is 6.31. The van der Waals surface area contributed by atoms with Crippen molar-refractivity contribution in [3.05, 3.63) is 71.8 Å². The summed E-state index contributed by atoms with van der Waals surface area (Å²) < 4.78 is 1.59. The summed E-state index contributed by atoms with van der Waals surface area (Å²) in [5.41, 5.74) is 1.88. The summed E-state index contributed by atoms with van der Waals surface area (Å²) in [4.78, 5) is 16.2. The highest BCUT2D eigenvalue weighted by Crippen LogP contribution is 2.20. The molecule has 3 aromatic rings. The number of halogens is 1. The first-order valence-electron chi connectivity index (χ1n) is 6.25. The molecule has 3 rings (SSSR count). The lowest BCUT2D eigenvalue weighted by Crippen LogP contribution is -2.13. The van der Waals surface area contributed by atoms with E-state index in [1.807, 2.05) is 18.2 Å². The first kappa shape index (κ1) is 13.3. The number of para-hydroxylation sites is 2. The molecule has 6 heteroatoms. The normalized spacial score (nSPS) is 10.3. The van der Waals surface area contributed by atoms with Crippen LogP contribution in [-0.2, 0) is 0 Å². The molecule has 0 saturated carbocycles. The van der Waals surface area contributed by atoms with E-state index >= 15 is 0 Å². The Balaban J connectivity index is 1.90. The standard InChI is InChI=1S/C15H11ClN4O/c16-12-5-3-4-11(8-12)15(21)19-13-6-1-2-7-14(13)20-10-17-9-18-20/h1-10H,(H,19,21). The van der Waals surface area contributed by atoms with Crippen molar-refractivity contribution >= 4 is 23.2 Å². The van der Waals surface area contributed by atoms with Crippen LogP contribution in [0.3, 0.4) is 0 Å². The maximum Gasteiger partial charge on any atom is 0.255 e. The first-order chi connectivity index (χ1) is 10.2. The van der Waals surface area contributed by atoms with Gasteiger partial charge in [0.05, 0.1) is 11.4 Å². The van der Waals surface area contributed by atoms with E-state index in [2.05, 4.69) is 15.4 Å². The number of nitrogens with zero attached hydrogens (tertiary/aromatic N) is 3. The number of amides is 1. The van der Waals surface area contributed by atoms with Crippen molar-refractivity contribution < 1.29 is 4.79 Å². The second-order valence-electron chi connectivity index (χ2n) is 4.32. The lowest BCUT2D eigenvalue weighted by molar-refractivity contribution is 0.102. The average molecular weight is 299 g/mol. The van der Waals surface area contributed by atoms with Gasteiger partial charge in [-0.15, -0.1) is 0 Å². The van der Waals surface area contributed by atoms with E-state index in [0.717, 1.165) is 5.69 Å². The zero-order valence-corrected chi connectivity index (χ0v) is 11.7. The summed E-state index contributed by atoms with van der Waals surface area (Å²) in [7, 11) is 0. The number of benzene rings is 2. The molecule has 21 heavy (non-hydrogen) atoms. The molecule has 0 spiro atoms. The van der Waals surface area contributed by atoms with E-state index in [9.17, 15) is 4.79 Å². The Hall–Kier alpha value is -2.66. The van der Waals surface area contributed by atoms with Crippen LogP contribution in [-0.4, -0.2) is 20.7 Å². The third-order valence-electron chi connectivity index (χ3n) is 2.90. The molecule has 0 radical (unpaired) electrons. The largest absolute Gasteiger partial charge is 0.320 e. The second kappa shape index (κ2) is 5.76. The summed E-state index contributed by atoms with van der Waals surface area (Å²) in [5.74, 6) is -0.231. The van der Waals surface area contributed by atoms with Crippen molar-refractivity contribution in [2.75, 3.05) is 5.32 Å². The topological polar surface area (TPSA) is 59.8 Å². The highest BCUT2D eigenvalue weighted by atomic mass is 35.5. The Bertz CT molecular complexity index is 771. The van der Waals surface area contributed by atoms with Crippen molar-refractivity contribution in [1.82, 2.24) is 14.8 Å². The van der Waals surface area contributed by atoms with Gasteiger partial charge in [-0.3, -0.25) is 4.79 Å². The average Bonchev–Trinajstić information content (AvgIpc) is 3.02. The smallest absolute Gasteiger partial charge is 0.255 e. The van der Waals surface area contributed by atoms with Gasteiger partial charge in [-0.25, -0.2) is 9.67 Å². The van der Waals surface area contributed by atoms with Gasteiger partial charge in [0.15, 0.2) is 0 Å². The van der Waals surface area contributed by atoms with Crippen LogP contribution in [0.25, 0.3) is 5.69 Å². The molecule has 1 amide bonds. The van der Waals surface area contributed by atoms with Crippen LogP contribution in [0.4, 0.5) is 5.69 Å². The molecule has 0 aliphatic rings. The Morgan fingerprint density at radius 3 is 2.76 bits per heavy atom. The van der Waals surface area contributed by atoms with E-state index in [1.165, 1.54) is 6.33 Å². The first-order valence-corrected chi connectivity index (χ1v) is 6.63. The Morgan fingerprint density at radius 1 is 1.14 bits per heavy atom. The van der Waals surface area contributed by atoms with Crippen LogP contribution >= 0.6 is 11.6 Å². The van der Waals surface area contributed by atoms with Crippen LogP contribution in [0.1, 0.15) is 10.4 Å². The fourth-order valence-electron chi connectivity index (χ4n) is 1.94. The zero-order chi connectivity index (χ0) is 14.7. The molecule has 2 aromatic carbocycles. The minimum absolute atomic E-state index is 0.231. The number of carbonyl (C=O) groups is 1. The molecular formula is C15H11ClN4O. The maximum atomic E-state index is 12.3. The van der Waals surface area contributed by atoms with Crippen molar-refractivity contribution in [2.24, 2.45) is 0 Å². The fourth-order valence-corrected chi connectivity index (χ4v) is 2.13. The van der Waals surface area contributed by atoms with Gasteiger partial charge < -0.3 is 5.32 Å². The van der Waals surface area contributed by atoms with Crippen LogP contribution in [0.2, 0.25) is 5.02 Å². The number of rotatable bonds is 3. The lowest BCUT2D eigenvalue weighted by Gasteiger charge is -2.10. The molecule has 5 nitrogen and oxygen atoms in total. The van der Waals surface area contributed by atoms with Gasteiger partial charge in [-0.2, -0.15) is 5.10 Å². The van der Waals surface area contributed by atoms with Gasteiger partial charge in [0, 0.05) is 10.6 Å². The van der Waals surface area contributed by atoms with Crippen molar-refractivity contribution in [3.8, 4) is 5.69 Å². The third kappa shape index (κ3) is 2.93. The van der Waals surface area contributed by atoms with Gasteiger partial charge >= 0.3 is 0 Å². The second-order valence-corrected chi connectivity index (χ2v) is 4.76. The van der Waals surface area contributed by atoms with E-state index in [0.29, 0.717) is 16.3 Å². The number of aromatic nitrogens is 3. The summed E-state index contributed by atoms with van der Waals surface area (Å²) in [6.45, 7) is 0. The van der Waals surface area contributed by atoms with Gasteiger partial charge in [0.2, 0.25) is 0 Å². The minimum Gasteiger partial charge on any atom is -0.320 e. The number of hydrogen-bond donors (Lipinski definition) is 1. The molecule has 1 N–H and O–H groups in total. The van der Waals surface area contributed by atoms with Gasteiger partial charge in [0.25, 0.3) is 5.91 Å². The zero-order valence-electron chi connectivity index (χ0n) is 10.9. The summed E-state index contributed by atoms with van der Waals surface area (Å²) in [5, 5.41) is 7.45. The fraction of sp³-hybridized carbons (Fsp3) is 0. The molecule has 1 heterocycles.